The number of hydrogen-bond donors (Lipinski definition) is 2. The van der Waals surface area contributed by atoms with Crippen molar-refractivity contribution in [2.24, 2.45) is 7.05 Å². The van der Waals surface area contributed by atoms with Crippen LogP contribution < -0.4 is 5.32 Å². The summed E-state index contributed by atoms with van der Waals surface area (Å²) in [6.45, 7) is 2.51. The molecule has 0 radical (unpaired) electrons. The Labute approximate surface area is 135 Å². The first-order valence-electron chi connectivity index (χ1n) is 7.42. The quantitative estimate of drug-likeness (QED) is 0.772. The first-order chi connectivity index (χ1) is 10.6. The van der Waals surface area contributed by atoms with Crippen LogP contribution >= 0.6 is 11.8 Å². The highest BCUT2D eigenvalue weighted by atomic mass is 32.2. The third-order valence-corrected chi connectivity index (χ3v) is 4.42. The normalized spacial score (nSPS) is 12.1. The minimum Gasteiger partial charge on any atom is -0.387 e. The zero-order valence-corrected chi connectivity index (χ0v) is 13.8. The molecule has 1 atom stereocenters. The Morgan fingerprint density at radius 3 is 2.77 bits per heavy atom. The van der Waals surface area contributed by atoms with Crippen molar-refractivity contribution in [1.29, 1.82) is 0 Å². The topological polar surface area (TPSA) is 54.3 Å². The number of aliphatic hydroxyl groups is 1. The van der Waals surface area contributed by atoms with E-state index in [1.807, 2.05) is 54.2 Å². The van der Waals surface area contributed by atoms with Gasteiger partial charge in [0, 0.05) is 30.4 Å². The largest absolute Gasteiger partial charge is 0.387 e. The van der Waals surface area contributed by atoms with E-state index < -0.39 is 6.10 Å². The van der Waals surface area contributed by atoms with Crippen molar-refractivity contribution in [3.63, 3.8) is 0 Å². The number of amides is 1. The fourth-order valence-electron chi connectivity index (χ4n) is 2.32. The van der Waals surface area contributed by atoms with Crippen molar-refractivity contribution >= 4 is 17.7 Å². The number of aliphatic hydroxyl groups excluding tert-OH is 1. The van der Waals surface area contributed by atoms with Gasteiger partial charge in [-0.05, 0) is 36.4 Å². The molecule has 0 saturated carbocycles. The van der Waals surface area contributed by atoms with Gasteiger partial charge in [-0.2, -0.15) is 0 Å². The van der Waals surface area contributed by atoms with Gasteiger partial charge < -0.3 is 15.0 Å². The summed E-state index contributed by atoms with van der Waals surface area (Å²) >= 11 is 1.66. The third kappa shape index (κ3) is 4.15. The van der Waals surface area contributed by atoms with Crippen LogP contribution in [0.25, 0.3) is 0 Å². The molecule has 4 nitrogen and oxygen atoms in total. The lowest BCUT2D eigenvalue weighted by molar-refractivity contribution is 0.0938. The van der Waals surface area contributed by atoms with Crippen molar-refractivity contribution in [2.75, 3.05) is 12.3 Å². The summed E-state index contributed by atoms with van der Waals surface area (Å²) in [6.07, 6.45) is 1.82. The Kier molecular flexibility index (Phi) is 6.10. The van der Waals surface area contributed by atoms with Crippen LogP contribution in [0.4, 0.5) is 0 Å². The second kappa shape index (κ2) is 8.06. The van der Waals surface area contributed by atoms with Crippen molar-refractivity contribution in [1.82, 2.24) is 9.88 Å². The first kappa shape index (κ1) is 16.6. The fraction of sp³-hybridized carbons (Fsp3) is 0.353. The number of nitrogens with zero attached hydrogens (tertiary/aromatic N) is 1. The predicted octanol–water partition coefficient (Wildman–Crippen LogP) is 2.99. The minimum absolute atomic E-state index is 0.0874. The van der Waals surface area contributed by atoms with Crippen LogP contribution in [0.5, 0.6) is 0 Å². The van der Waals surface area contributed by atoms with Gasteiger partial charge in [0.15, 0.2) is 0 Å². The maximum Gasteiger partial charge on any atom is 0.252 e. The van der Waals surface area contributed by atoms with E-state index in [1.54, 1.807) is 11.8 Å². The third-order valence-electron chi connectivity index (χ3n) is 3.46. The molecule has 118 valence electrons. The SMILES string of the molecule is CCSc1ccccc1C(=O)NCC[C@H](O)c1cccn1C. The van der Waals surface area contributed by atoms with Crippen LogP contribution in [0.2, 0.25) is 0 Å². The van der Waals surface area contributed by atoms with Crippen molar-refractivity contribution in [2.45, 2.75) is 24.3 Å². The van der Waals surface area contributed by atoms with Gasteiger partial charge in [0.05, 0.1) is 11.7 Å². The van der Waals surface area contributed by atoms with Gasteiger partial charge in [0.25, 0.3) is 5.91 Å². The summed E-state index contributed by atoms with van der Waals surface area (Å²) in [7, 11) is 1.90. The maximum atomic E-state index is 12.3. The summed E-state index contributed by atoms with van der Waals surface area (Å²) in [6, 6.07) is 11.4. The highest BCUT2D eigenvalue weighted by Crippen LogP contribution is 2.22. The molecular weight excluding hydrogens is 296 g/mol. The Hall–Kier alpha value is -1.72. The number of aromatic nitrogens is 1. The molecule has 1 heterocycles. The maximum absolute atomic E-state index is 12.3. The lowest BCUT2D eigenvalue weighted by Gasteiger charge is -2.13. The molecular formula is C17H22N2O2S. The van der Waals surface area contributed by atoms with Gasteiger partial charge in [-0.1, -0.05) is 19.1 Å². The molecule has 0 fully saturated rings. The molecule has 1 aromatic carbocycles. The lowest BCUT2D eigenvalue weighted by atomic mass is 10.1. The summed E-state index contributed by atoms with van der Waals surface area (Å²) in [5.74, 6) is 0.840. The smallest absolute Gasteiger partial charge is 0.252 e. The van der Waals surface area contributed by atoms with E-state index in [0.29, 0.717) is 18.5 Å². The van der Waals surface area contributed by atoms with Crippen LogP contribution in [0.15, 0.2) is 47.5 Å². The molecule has 1 amide bonds. The number of rotatable bonds is 7. The van der Waals surface area contributed by atoms with E-state index in [-0.39, 0.29) is 5.91 Å². The van der Waals surface area contributed by atoms with Crippen LogP contribution in [-0.4, -0.2) is 27.9 Å². The van der Waals surface area contributed by atoms with Crippen LogP contribution in [0, 0.1) is 0 Å². The fourth-order valence-corrected chi connectivity index (χ4v) is 3.12. The minimum atomic E-state index is -0.569. The van der Waals surface area contributed by atoms with Gasteiger partial charge in [0.1, 0.15) is 0 Å². The molecule has 2 aromatic rings. The van der Waals surface area contributed by atoms with E-state index in [1.165, 1.54) is 0 Å². The molecule has 5 heteroatoms. The van der Waals surface area contributed by atoms with Crippen molar-refractivity contribution in [3.8, 4) is 0 Å². The Morgan fingerprint density at radius 1 is 1.32 bits per heavy atom. The van der Waals surface area contributed by atoms with Gasteiger partial charge in [-0.25, -0.2) is 0 Å². The molecule has 0 aliphatic carbocycles. The standard InChI is InChI=1S/C17H22N2O2S/c1-3-22-16-9-5-4-7-13(16)17(21)18-11-10-15(20)14-8-6-12-19(14)2/h4-9,12,15,20H,3,10-11H2,1-2H3,(H,18,21)/t15-/m0/s1. The van der Waals surface area contributed by atoms with Crippen LogP contribution in [-0.2, 0) is 7.05 Å². The summed E-state index contributed by atoms with van der Waals surface area (Å²) < 4.78 is 1.89. The average Bonchev–Trinajstić information content (AvgIpc) is 2.94. The Bertz CT molecular complexity index is 625. The van der Waals surface area contributed by atoms with E-state index in [4.69, 9.17) is 0 Å². The van der Waals surface area contributed by atoms with Crippen molar-refractivity contribution < 1.29 is 9.90 Å². The number of hydrogen-bond acceptors (Lipinski definition) is 3. The van der Waals surface area contributed by atoms with E-state index in [2.05, 4.69) is 12.2 Å². The number of aryl methyl sites for hydroxylation is 1. The molecule has 0 spiro atoms. The number of carbonyl (C=O) groups is 1. The van der Waals surface area contributed by atoms with Crippen molar-refractivity contribution in [3.05, 3.63) is 53.9 Å². The first-order valence-corrected chi connectivity index (χ1v) is 8.41. The summed E-state index contributed by atoms with van der Waals surface area (Å²) in [5.41, 5.74) is 1.55. The number of nitrogens with one attached hydrogen (secondary N) is 1. The zero-order chi connectivity index (χ0) is 15.9. The number of carbonyl (C=O) groups excluding carboxylic acids is 1. The predicted molar refractivity (Wildman–Crippen MR) is 90.2 cm³/mol. The molecule has 0 saturated heterocycles. The second-order valence-corrected chi connectivity index (χ2v) is 6.34. The molecule has 22 heavy (non-hydrogen) atoms. The highest BCUT2D eigenvalue weighted by molar-refractivity contribution is 7.99. The molecule has 0 aliphatic rings. The van der Waals surface area contributed by atoms with Crippen LogP contribution in [0.3, 0.4) is 0 Å². The molecule has 2 rings (SSSR count). The molecule has 0 bridgehead atoms. The average molecular weight is 318 g/mol. The number of thioether (sulfide) groups is 1. The van der Waals surface area contributed by atoms with Crippen LogP contribution in [0.1, 0.15) is 35.5 Å². The molecule has 1 aromatic heterocycles. The monoisotopic (exact) mass is 318 g/mol. The molecule has 0 aliphatic heterocycles. The van der Waals surface area contributed by atoms with E-state index in [0.717, 1.165) is 16.3 Å². The lowest BCUT2D eigenvalue weighted by Crippen LogP contribution is -2.26. The van der Waals surface area contributed by atoms with E-state index in [9.17, 15) is 9.90 Å². The Balaban J connectivity index is 1.89. The summed E-state index contributed by atoms with van der Waals surface area (Å²) in [5, 5.41) is 13.0. The molecule has 0 unspecified atom stereocenters. The van der Waals surface area contributed by atoms with E-state index >= 15 is 0 Å². The number of benzene rings is 1. The van der Waals surface area contributed by atoms with Gasteiger partial charge in [0.2, 0.25) is 0 Å². The zero-order valence-electron chi connectivity index (χ0n) is 13.0. The summed E-state index contributed by atoms with van der Waals surface area (Å²) in [4.78, 5) is 13.3. The van der Waals surface area contributed by atoms with Gasteiger partial charge in [-0.15, -0.1) is 11.8 Å². The van der Waals surface area contributed by atoms with Gasteiger partial charge >= 0.3 is 0 Å². The molecule has 2 N–H and O–H groups in total. The highest BCUT2D eigenvalue weighted by Gasteiger charge is 2.13. The van der Waals surface area contributed by atoms with Gasteiger partial charge in [-0.3, -0.25) is 4.79 Å². The Morgan fingerprint density at radius 2 is 2.09 bits per heavy atom. The second-order valence-electron chi connectivity index (χ2n) is 5.03.